The van der Waals surface area contributed by atoms with E-state index in [0.717, 1.165) is 72.8 Å². The molecule has 1 aliphatic rings. The maximum Gasteiger partial charge on any atom is 0.247 e. The Morgan fingerprint density at radius 1 is 1.11 bits per heavy atom. The van der Waals surface area contributed by atoms with Crippen LogP contribution in [0.3, 0.4) is 0 Å². The fourth-order valence-corrected chi connectivity index (χ4v) is 4.83. The van der Waals surface area contributed by atoms with E-state index in [1.807, 2.05) is 59.5 Å². The molecule has 1 saturated heterocycles. The van der Waals surface area contributed by atoms with Gasteiger partial charge in [-0.25, -0.2) is 9.97 Å². The van der Waals surface area contributed by atoms with Crippen LogP contribution in [0, 0.1) is 5.92 Å². The van der Waals surface area contributed by atoms with Gasteiger partial charge in [0.05, 0.1) is 17.0 Å². The quantitative estimate of drug-likeness (QED) is 0.213. The van der Waals surface area contributed by atoms with Gasteiger partial charge in [0.1, 0.15) is 23.6 Å². The van der Waals surface area contributed by atoms with Gasteiger partial charge in [0.15, 0.2) is 0 Å². The molecule has 1 fully saturated rings. The molecule has 4 rings (SSSR count). The van der Waals surface area contributed by atoms with Crippen molar-refractivity contribution in [3.8, 4) is 11.5 Å². The highest BCUT2D eigenvalue weighted by Crippen LogP contribution is 2.27. The Labute approximate surface area is 225 Å². The Balaban J connectivity index is 1.45. The Morgan fingerprint density at radius 2 is 1.81 bits per heavy atom. The van der Waals surface area contributed by atoms with Crippen LogP contribution < -0.4 is 10.5 Å². The smallest absolute Gasteiger partial charge is 0.247 e. The van der Waals surface area contributed by atoms with Crippen molar-refractivity contribution >= 4 is 40.0 Å². The van der Waals surface area contributed by atoms with Crippen molar-refractivity contribution in [3.63, 3.8) is 0 Å². The molecule has 0 radical (unpaired) electrons. The molecule has 0 aliphatic carbocycles. The zero-order chi connectivity index (χ0) is 25.3. The monoisotopic (exact) mass is 595 g/mol. The van der Waals surface area contributed by atoms with Gasteiger partial charge in [-0.1, -0.05) is 40.8 Å². The molecule has 0 saturated carbocycles. The normalized spacial score (nSPS) is 14.8. The van der Waals surface area contributed by atoms with Crippen molar-refractivity contribution in [2.45, 2.75) is 25.7 Å². The van der Waals surface area contributed by atoms with E-state index in [1.54, 1.807) is 17.2 Å². The SMILES string of the molecule is CN=C(c1ccc(Oc2ccccc2)cc1)c1c(N)ncnc1CCC1CCN(C(=O)/C=C/I)CC1. The summed E-state index contributed by atoms with van der Waals surface area (Å²) in [5.74, 6) is 2.60. The van der Waals surface area contributed by atoms with Crippen LogP contribution in [0.2, 0.25) is 0 Å². The molecule has 2 aromatic carbocycles. The number of likely N-dealkylation sites (tertiary alicyclic amines) is 1. The van der Waals surface area contributed by atoms with E-state index in [1.165, 1.54) is 6.33 Å². The summed E-state index contributed by atoms with van der Waals surface area (Å²) in [6.07, 6.45) is 6.90. The van der Waals surface area contributed by atoms with Gasteiger partial charge in [-0.2, -0.15) is 0 Å². The Bertz CT molecular complexity index is 1220. The number of nitrogen functional groups attached to an aromatic ring is 1. The molecule has 186 valence electrons. The molecule has 1 aliphatic heterocycles. The maximum absolute atomic E-state index is 12.1. The summed E-state index contributed by atoms with van der Waals surface area (Å²) in [4.78, 5) is 27.4. The molecule has 0 atom stereocenters. The first-order chi connectivity index (χ1) is 17.6. The molecular weight excluding hydrogens is 565 g/mol. The number of rotatable bonds is 8. The first-order valence-electron chi connectivity index (χ1n) is 12.0. The molecule has 0 bridgehead atoms. The lowest BCUT2D eigenvalue weighted by atomic mass is 9.90. The number of halogens is 1. The second-order valence-corrected chi connectivity index (χ2v) is 9.41. The highest BCUT2D eigenvalue weighted by Gasteiger charge is 2.23. The summed E-state index contributed by atoms with van der Waals surface area (Å²) < 4.78 is 7.69. The van der Waals surface area contributed by atoms with Gasteiger partial charge in [0, 0.05) is 31.8 Å². The maximum atomic E-state index is 12.1. The summed E-state index contributed by atoms with van der Waals surface area (Å²) in [5, 5.41) is 0. The van der Waals surface area contributed by atoms with Crippen molar-refractivity contribution in [1.29, 1.82) is 0 Å². The third-order valence-corrected chi connectivity index (χ3v) is 6.80. The van der Waals surface area contributed by atoms with Crippen LogP contribution in [-0.4, -0.2) is 46.6 Å². The van der Waals surface area contributed by atoms with Crippen LogP contribution in [0.4, 0.5) is 5.82 Å². The highest BCUT2D eigenvalue weighted by molar-refractivity contribution is 14.1. The number of hydrogen-bond acceptors (Lipinski definition) is 6. The number of aryl methyl sites for hydroxylation is 1. The van der Waals surface area contributed by atoms with Crippen LogP contribution in [0.5, 0.6) is 11.5 Å². The molecule has 1 amide bonds. The first kappa shape index (κ1) is 25.8. The van der Waals surface area contributed by atoms with Crippen LogP contribution in [0.15, 0.2) is 76.1 Å². The third-order valence-electron chi connectivity index (χ3n) is 6.44. The minimum absolute atomic E-state index is 0.0951. The average molecular weight is 595 g/mol. The van der Waals surface area contributed by atoms with Gasteiger partial charge in [0.25, 0.3) is 0 Å². The van der Waals surface area contributed by atoms with E-state index in [2.05, 4.69) is 37.6 Å². The van der Waals surface area contributed by atoms with Crippen molar-refractivity contribution in [1.82, 2.24) is 14.9 Å². The molecular formula is C28H30IN5O2. The molecule has 0 unspecified atom stereocenters. The van der Waals surface area contributed by atoms with Crippen molar-refractivity contribution in [3.05, 3.63) is 87.9 Å². The number of ether oxygens (including phenoxy) is 1. The molecule has 0 spiro atoms. The number of para-hydroxylation sites is 1. The number of anilines is 1. The van der Waals surface area contributed by atoms with E-state index < -0.39 is 0 Å². The van der Waals surface area contributed by atoms with E-state index in [0.29, 0.717) is 11.7 Å². The number of carbonyl (C=O) groups excluding carboxylic acids is 1. The van der Waals surface area contributed by atoms with E-state index in [4.69, 9.17) is 10.5 Å². The number of aliphatic imine (C=N–C) groups is 1. The molecule has 2 N–H and O–H groups in total. The Morgan fingerprint density at radius 3 is 2.47 bits per heavy atom. The Hall–Kier alpha value is -3.27. The van der Waals surface area contributed by atoms with Crippen LogP contribution in [-0.2, 0) is 11.2 Å². The van der Waals surface area contributed by atoms with E-state index in [-0.39, 0.29) is 5.91 Å². The lowest BCUT2D eigenvalue weighted by Crippen LogP contribution is -2.37. The summed E-state index contributed by atoms with van der Waals surface area (Å²) >= 11 is 2.08. The van der Waals surface area contributed by atoms with Gasteiger partial charge in [0.2, 0.25) is 5.91 Å². The minimum atomic E-state index is 0.0951. The number of nitrogens with two attached hydrogens (primary N) is 1. The van der Waals surface area contributed by atoms with Crippen LogP contribution in [0.25, 0.3) is 0 Å². The largest absolute Gasteiger partial charge is 0.457 e. The molecule has 7 nitrogen and oxygen atoms in total. The van der Waals surface area contributed by atoms with Crippen molar-refractivity contribution in [2.24, 2.45) is 10.9 Å². The number of amides is 1. The molecule has 3 aromatic rings. The van der Waals surface area contributed by atoms with Gasteiger partial charge in [-0.05, 0) is 72.1 Å². The zero-order valence-corrected chi connectivity index (χ0v) is 22.5. The van der Waals surface area contributed by atoms with Crippen LogP contribution >= 0.6 is 22.6 Å². The molecule has 36 heavy (non-hydrogen) atoms. The average Bonchev–Trinajstić information content (AvgIpc) is 2.91. The number of benzene rings is 2. The predicted molar refractivity (Wildman–Crippen MR) is 152 cm³/mol. The molecule has 8 heteroatoms. The van der Waals surface area contributed by atoms with Gasteiger partial charge in [-0.3, -0.25) is 9.79 Å². The first-order valence-corrected chi connectivity index (χ1v) is 13.3. The van der Waals surface area contributed by atoms with Crippen LogP contribution in [0.1, 0.15) is 36.1 Å². The van der Waals surface area contributed by atoms with Gasteiger partial charge < -0.3 is 15.4 Å². The van der Waals surface area contributed by atoms with E-state index in [9.17, 15) is 4.79 Å². The summed E-state index contributed by atoms with van der Waals surface area (Å²) in [6.45, 7) is 1.59. The second kappa shape index (κ2) is 12.6. The number of piperidine rings is 1. The lowest BCUT2D eigenvalue weighted by molar-refractivity contribution is -0.127. The van der Waals surface area contributed by atoms with E-state index >= 15 is 0 Å². The van der Waals surface area contributed by atoms with Gasteiger partial charge in [-0.15, -0.1) is 0 Å². The number of nitrogens with zero attached hydrogens (tertiary/aromatic N) is 4. The topological polar surface area (TPSA) is 93.7 Å². The summed E-state index contributed by atoms with van der Waals surface area (Å²) in [7, 11) is 1.76. The Kier molecular flexibility index (Phi) is 9.05. The molecule has 1 aromatic heterocycles. The zero-order valence-electron chi connectivity index (χ0n) is 20.3. The summed E-state index contributed by atoms with van der Waals surface area (Å²) in [6, 6.07) is 17.5. The second-order valence-electron chi connectivity index (χ2n) is 8.69. The van der Waals surface area contributed by atoms with Crippen molar-refractivity contribution in [2.75, 3.05) is 25.9 Å². The third kappa shape index (κ3) is 6.48. The van der Waals surface area contributed by atoms with Crippen molar-refractivity contribution < 1.29 is 9.53 Å². The predicted octanol–water partition coefficient (Wildman–Crippen LogP) is 5.44. The number of hydrogen-bond donors (Lipinski definition) is 1. The standard InChI is InChI=1S/C28H30IN5O2/c1-31-27(21-8-10-23(11-9-21)36-22-5-3-2-4-6-22)26-24(32-19-33-28(26)30)12-7-20-14-17-34(18-15-20)25(35)13-16-29/h2-6,8-11,13,16,19-20H,7,12,14-15,17-18H2,1H3,(H2,30,32,33)/b16-13+,31-27?. The molecule has 2 heterocycles. The summed E-state index contributed by atoms with van der Waals surface area (Å²) in [5.41, 5.74) is 9.73. The highest BCUT2D eigenvalue weighted by atomic mass is 127. The minimum Gasteiger partial charge on any atom is -0.457 e. The number of carbonyl (C=O) groups is 1. The lowest BCUT2D eigenvalue weighted by Gasteiger charge is -2.31. The van der Waals surface area contributed by atoms with Gasteiger partial charge >= 0.3 is 0 Å². The number of aromatic nitrogens is 2. The fraction of sp³-hybridized carbons (Fsp3) is 0.286. The fourth-order valence-electron chi connectivity index (χ4n) is 4.52.